The van der Waals surface area contributed by atoms with E-state index in [1.807, 2.05) is 29.2 Å². The number of amides is 1. The van der Waals surface area contributed by atoms with E-state index in [1.54, 1.807) is 30.6 Å². The molecule has 2 unspecified atom stereocenters. The summed E-state index contributed by atoms with van der Waals surface area (Å²) in [7, 11) is 0. The van der Waals surface area contributed by atoms with Crippen molar-refractivity contribution in [2.75, 3.05) is 0 Å². The van der Waals surface area contributed by atoms with Gasteiger partial charge in [0.25, 0.3) is 5.91 Å². The van der Waals surface area contributed by atoms with Crippen LogP contribution < -0.4 is 10.4 Å². The Labute approximate surface area is 161 Å². The number of hydrogen-bond donors (Lipinski definition) is 0. The maximum Gasteiger partial charge on any atom is 0.349 e. The second kappa shape index (κ2) is 6.78. The molecule has 0 radical (unpaired) electrons. The van der Waals surface area contributed by atoms with Crippen LogP contribution in [0.4, 0.5) is 0 Å². The van der Waals surface area contributed by atoms with Gasteiger partial charge in [-0.3, -0.25) is 9.78 Å². The van der Waals surface area contributed by atoms with Gasteiger partial charge in [-0.1, -0.05) is 18.2 Å². The van der Waals surface area contributed by atoms with Crippen molar-refractivity contribution in [2.45, 2.75) is 43.9 Å². The molecular formula is C22H20N2O4. The lowest BCUT2D eigenvalue weighted by Crippen LogP contribution is -2.50. The van der Waals surface area contributed by atoms with E-state index >= 15 is 0 Å². The van der Waals surface area contributed by atoms with Crippen LogP contribution >= 0.6 is 0 Å². The van der Waals surface area contributed by atoms with Crippen LogP contribution in [0.3, 0.4) is 0 Å². The molecule has 2 aliphatic rings. The van der Waals surface area contributed by atoms with E-state index in [1.165, 1.54) is 0 Å². The number of pyridine rings is 1. The number of carbonyl (C=O) groups excluding carboxylic acids is 1. The Hall–Kier alpha value is -3.15. The summed E-state index contributed by atoms with van der Waals surface area (Å²) in [6.07, 6.45) is 6.86. The predicted molar refractivity (Wildman–Crippen MR) is 103 cm³/mol. The van der Waals surface area contributed by atoms with Gasteiger partial charge in [0.2, 0.25) is 0 Å². The van der Waals surface area contributed by atoms with Crippen molar-refractivity contribution in [1.82, 2.24) is 9.88 Å². The largest absolute Gasteiger partial charge is 0.489 e. The third-order valence-corrected chi connectivity index (χ3v) is 5.73. The molecule has 6 nitrogen and oxygen atoms in total. The minimum atomic E-state index is -0.572. The molecule has 2 bridgehead atoms. The van der Waals surface area contributed by atoms with E-state index in [0.29, 0.717) is 5.58 Å². The van der Waals surface area contributed by atoms with Gasteiger partial charge < -0.3 is 14.1 Å². The molecule has 6 heteroatoms. The van der Waals surface area contributed by atoms with Crippen LogP contribution in [0, 0.1) is 0 Å². The summed E-state index contributed by atoms with van der Waals surface area (Å²) < 4.78 is 11.4. The van der Waals surface area contributed by atoms with Gasteiger partial charge in [-0.2, -0.15) is 0 Å². The van der Waals surface area contributed by atoms with Crippen LogP contribution in [-0.2, 0) is 0 Å². The van der Waals surface area contributed by atoms with Gasteiger partial charge in [0, 0.05) is 36.5 Å². The first-order valence-corrected chi connectivity index (χ1v) is 9.61. The van der Waals surface area contributed by atoms with Crippen molar-refractivity contribution < 1.29 is 13.9 Å². The van der Waals surface area contributed by atoms with Crippen LogP contribution in [0.1, 0.15) is 36.0 Å². The Bertz CT molecular complexity index is 1060. The van der Waals surface area contributed by atoms with Gasteiger partial charge >= 0.3 is 5.63 Å². The third-order valence-electron chi connectivity index (χ3n) is 5.73. The van der Waals surface area contributed by atoms with Crippen LogP contribution in [-0.4, -0.2) is 34.0 Å². The van der Waals surface area contributed by atoms with E-state index in [9.17, 15) is 9.59 Å². The van der Waals surface area contributed by atoms with Gasteiger partial charge in [0.1, 0.15) is 23.0 Å². The zero-order chi connectivity index (χ0) is 19.1. The van der Waals surface area contributed by atoms with Crippen molar-refractivity contribution >= 4 is 16.9 Å². The number of nitrogens with zero attached hydrogens (tertiary/aromatic N) is 2. The zero-order valence-corrected chi connectivity index (χ0v) is 15.3. The molecular weight excluding hydrogens is 356 g/mol. The molecule has 2 saturated heterocycles. The lowest BCUT2D eigenvalue weighted by Gasteiger charge is -2.38. The number of hydrogen-bond acceptors (Lipinski definition) is 5. The Morgan fingerprint density at radius 1 is 1.11 bits per heavy atom. The molecule has 3 aromatic rings. The summed E-state index contributed by atoms with van der Waals surface area (Å²) in [6.45, 7) is 0. The number of carbonyl (C=O) groups is 1. The Balaban J connectivity index is 1.38. The van der Waals surface area contributed by atoms with Crippen molar-refractivity contribution in [3.63, 3.8) is 0 Å². The molecule has 28 heavy (non-hydrogen) atoms. The lowest BCUT2D eigenvalue weighted by molar-refractivity contribution is 0.0355. The van der Waals surface area contributed by atoms with Crippen LogP contribution in [0.2, 0.25) is 0 Å². The summed E-state index contributed by atoms with van der Waals surface area (Å²) >= 11 is 0. The molecule has 2 aliphatic heterocycles. The van der Waals surface area contributed by atoms with Gasteiger partial charge in [-0.05, 0) is 37.1 Å². The number of ether oxygens (including phenoxy) is 1. The normalized spacial score (nSPS) is 23.7. The maximum absolute atomic E-state index is 13.2. The predicted octanol–water partition coefficient (Wildman–Crippen LogP) is 3.40. The molecule has 1 amide bonds. The number of aromatic nitrogens is 1. The molecule has 0 aliphatic carbocycles. The smallest absolute Gasteiger partial charge is 0.349 e. The molecule has 2 fully saturated rings. The second-order valence-corrected chi connectivity index (χ2v) is 7.48. The maximum atomic E-state index is 13.2. The average molecular weight is 376 g/mol. The molecule has 0 spiro atoms. The quantitative estimate of drug-likeness (QED) is 0.655. The highest BCUT2D eigenvalue weighted by molar-refractivity contribution is 5.97. The van der Waals surface area contributed by atoms with E-state index in [0.717, 1.165) is 36.8 Å². The summed E-state index contributed by atoms with van der Waals surface area (Å²) in [6, 6.07) is 12.8. The fraction of sp³-hybridized carbons (Fsp3) is 0.318. The molecule has 1 aromatic carbocycles. The monoisotopic (exact) mass is 376 g/mol. The molecule has 142 valence electrons. The van der Waals surface area contributed by atoms with Gasteiger partial charge in [0.05, 0.1) is 6.20 Å². The fourth-order valence-corrected chi connectivity index (χ4v) is 4.51. The first kappa shape index (κ1) is 17.0. The minimum absolute atomic E-state index is 0.0544. The highest BCUT2D eigenvalue weighted by Crippen LogP contribution is 2.38. The van der Waals surface area contributed by atoms with Gasteiger partial charge in [-0.15, -0.1) is 0 Å². The summed E-state index contributed by atoms with van der Waals surface area (Å²) in [5.41, 5.74) is 0.0367. The second-order valence-electron chi connectivity index (χ2n) is 7.48. The van der Waals surface area contributed by atoms with Crippen molar-refractivity contribution in [2.24, 2.45) is 0 Å². The van der Waals surface area contributed by atoms with Crippen LogP contribution in [0.25, 0.3) is 11.0 Å². The van der Waals surface area contributed by atoms with Crippen LogP contribution in [0.15, 0.2) is 64.1 Å². The van der Waals surface area contributed by atoms with Crippen molar-refractivity contribution in [3.05, 3.63) is 70.8 Å². The van der Waals surface area contributed by atoms with E-state index in [4.69, 9.17) is 9.15 Å². The van der Waals surface area contributed by atoms with Crippen molar-refractivity contribution in [3.8, 4) is 5.75 Å². The van der Waals surface area contributed by atoms with Gasteiger partial charge in [0.15, 0.2) is 0 Å². The average Bonchev–Trinajstić information content (AvgIpc) is 2.98. The number of benzene rings is 1. The van der Waals surface area contributed by atoms with E-state index < -0.39 is 5.63 Å². The molecule has 5 rings (SSSR count). The Morgan fingerprint density at radius 3 is 2.64 bits per heavy atom. The highest BCUT2D eigenvalue weighted by atomic mass is 16.5. The summed E-state index contributed by atoms with van der Waals surface area (Å²) in [4.78, 5) is 31.6. The first-order chi connectivity index (χ1) is 13.7. The number of fused-ring (bicyclic) bond motifs is 3. The topological polar surface area (TPSA) is 72.6 Å². The molecule has 4 heterocycles. The number of piperidine rings is 1. The van der Waals surface area contributed by atoms with Crippen LogP contribution in [0.5, 0.6) is 5.75 Å². The molecule has 0 saturated carbocycles. The standard InChI is InChI=1S/C22H20N2O4/c25-21(19-10-14-4-1-2-6-20(14)28-22(19)26)24-15-7-8-16(24)12-18(11-15)27-17-5-3-9-23-13-17/h1-6,9-10,13,15-16,18H,7-8,11-12H2. The Morgan fingerprint density at radius 2 is 1.89 bits per heavy atom. The molecule has 2 atom stereocenters. The third kappa shape index (κ3) is 2.95. The SMILES string of the molecule is O=C(c1cc2ccccc2oc1=O)N1C2CCC1CC(Oc1cccnc1)C2. The number of rotatable bonds is 3. The summed E-state index contributed by atoms with van der Waals surface area (Å²) in [5, 5.41) is 0.757. The van der Waals surface area contributed by atoms with Gasteiger partial charge in [-0.25, -0.2) is 4.79 Å². The Kier molecular flexibility index (Phi) is 4.11. The molecule has 2 aromatic heterocycles. The first-order valence-electron chi connectivity index (χ1n) is 9.61. The molecule has 0 N–H and O–H groups in total. The highest BCUT2D eigenvalue weighted by Gasteiger charge is 2.44. The van der Waals surface area contributed by atoms with E-state index in [2.05, 4.69) is 4.98 Å². The fourth-order valence-electron chi connectivity index (χ4n) is 4.51. The zero-order valence-electron chi connectivity index (χ0n) is 15.3. The number of para-hydroxylation sites is 1. The summed E-state index contributed by atoms with van der Waals surface area (Å²) in [5.74, 6) is 0.522. The van der Waals surface area contributed by atoms with Crippen molar-refractivity contribution in [1.29, 1.82) is 0 Å². The minimum Gasteiger partial charge on any atom is -0.489 e. The van der Waals surface area contributed by atoms with E-state index in [-0.39, 0.29) is 29.7 Å². The lowest BCUT2D eigenvalue weighted by atomic mass is 9.98.